The van der Waals surface area contributed by atoms with Gasteiger partial charge in [0.1, 0.15) is 0 Å². The second-order valence-corrected chi connectivity index (χ2v) is 3.79. The SMILES string of the molecule is CNC1(CCOC(=O)N(C)C)CC1. The van der Waals surface area contributed by atoms with Gasteiger partial charge in [-0.05, 0) is 26.3 Å². The van der Waals surface area contributed by atoms with Crippen LogP contribution in [-0.4, -0.2) is 44.3 Å². The molecule has 4 heteroatoms. The Hall–Kier alpha value is -0.770. The number of nitrogens with zero attached hydrogens (tertiary/aromatic N) is 1. The first-order valence-electron chi connectivity index (χ1n) is 4.63. The number of carbonyl (C=O) groups excluding carboxylic acids is 1. The van der Waals surface area contributed by atoms with Crippen LogP contribution in [0.25, 0.3) is 0 Å². The van der Waals surface area contributed by atoms with Gasteiger partial charge in [0.2, 0.25) is 0 Å². The summed E-state index contributed by atoms with van der Waals surface area (Å²) < 4.78 is 5.03. The van der Waals surface area contributed by atoms with Crippen molar-refractivity contribution < 1.29 is 9.53 Å². The number of amides is 1. The van der Waals surface area contributed by atoms with Crippen molar-refractivity contribution in [3.8, 4) is 0 Å². The third-order valence-electron chi connectivity index (χ3n) is 2.56. The summed E-state index contributed by atoms with van der Waals surface area (Å²) in [5, 5.41) is 3.25. The summed E-state index contributed by atoms with van der Waals surface area (Å²) in [6, 6.07) is 0. The average molecular weight is 186 g/mol. The molecule has 4 nitrogen and oxygen atoms in total. The van der Waals surface area contributed by atoms with E-state index < -0.39 is 0 Å². The molecular formula is C9H18N2O2. The van der Waals surface area contributed by atoms with E-state index in [-0.39, 0.29) is 11.6 Å². The molecular weight excluding hydrogens is 168 g/mol. The molecule has 1 rings (SSSR count). The molecule has 0 aromatic rings. The van der Waals surface area contributed by atoms with Gasteiger partial charge in [-0.15, -0.1) is 0 Å². The van der Waals surface area contributed by atoms with E-state index in [1.54, 1.807) is 14.1 Å². The fourth-order valence-electron chi connectivity index (χ4n) is 1.24. The molecule has 76 valence electrons. The van der Waals surface area contributed by atoms with Crippen molar-refractivity contribution >= 4 is 6.09 Å². The van der Waals surface area contributed by atoms with Crippen molar-refractivity contribution in [3.63, 3.8) is 0 Å². The fourth-order valence-corrected chi connectivity index (χ4v) is 1.24. The minimum atomic E-state index is -0.257. The third-order valence-corrected chi connectivity index (χ3v) is 2.56. The Balaban J connectivity index is 2.10. The minimum absolute atomic E-state index is 0.257. The van der Waals surface area contributed by atoms with Crippen LogP contribution < -0.4 is 5.32 Å². The Kier molecular flexibility index (Phi) is 3.14. The van der Waals surface area contributed by atoms with Crippen LogP contribution in [0.1, 0.15) is 19.3 Å². The lowest BCUT2D eigenvalue weighted by molar-refractivity contribution is 0.113. The zero-order chi connectivity index (χ0) is 9.90. The summed E-state index contributed by atoms with van der Waals surface area (Å²) in [6.45, 7) is 0.512. The van der Waals surface area contributed by atoms with Crippen LogP contribution in [0.15, 0.2) is 0 Å². The van der Waals surface area contributed by atoms with Gasteiger partial charge in [-0.1, -0.05) is 0 Å². The number of hydrogen-bond donors (Lipinski definition) is 1. The molecule has 1 aliphatic carbocycles. The average Bonchev–Trinajstić information content (AvgIpc) is 2.85. The lowest BCUT2D eigenvalue weighted by Crippen LogP contribution is -2.30. The Morgan fingerprint density at radius 3 is 2.54 bits per heavy atom. The Morgan fingerprint density at radius 1 is 1.54 bits per heavy atom. The van der Waals surface area contributed by atoms with Crippen LogP contribution in [0.4, 0.5) is 4.79 Å². The molecule has 1 fully saturated rings. The number of carbonyl (C=O) groups is 1. The van der Waals surface area contributed by atoms with Gasteiger partial charge >= 0.3 is 6.09 Å². The monoisotopic (exact) mass is 186 g/mol. The lowest BCUT2D eigenvalue weighted by atomic mass is 10.2. The van der Waals surface area contributed by atoms with E-state index in [1.165, 1.54) is 17.7 Å². The van der Waals surface area contributed by atoms with Gasteiger partial charge in [0, 0.05) is 19.6 Å². The standard InChI is InChI=1S/C9H18N2O2/c1-10-9(4-5-9)6-7-13-8(12)11(2)3/h10H,4-7H2,1-3H3. The Morgan fingerprint density at radius 2 is 2.15 bits per heavy atom. The summed E-state index contributed by atoms with van der Waals surface area (Å²) in [7, 11) is 5.33. The number of rotatable bonds is 4. The second kappa shape index (κ2) is 3.96. The summed E-state index contributed by atoms with van der Waals surface area (Å²) in [5.74, 6) is 0. The van der Waals surface area contributed by atoms with Gasteiger partial charge in [-0.2, -0.15) is 0 Å². The van der Waals surface area contributed by atoms with Gasteiger partial charge in [0.25, 0.3) is 0 Å². The van der Waals surface area contributed by atoms with Crippen LogP contribution in [0.3, 0.4) is 0 Å². The van der Waals surface area contributed by atoms with Crippen molar-refractivity contribution in [3.05, 3.63) is 0 Å². The van der Waals surface area contributed by atoms with Crippen LogP contribution in [0, 0.1) is 0 Å². The van der Waals surface area contributed by atoms with Crippen LogP contribution in [-0.2, 0) is 4.74 Å². The minimum Gasteiger partial charge on any atom is -0.449 e. The number of ether oxygens (including phenoxy) is 1. The highest BCUT2D eigenvalue weighted by Gasteiger charge is 2.40. The van der Waals surface area contributed by atoms with Gasteiger partial charge in [-0.25, -0.2) is 4.79 Å². The molecule has 1 N–H and O–H groups in total. The van der Waals surface area contributed by atoms with E-state index >= 15 is 0 Å². The topological polar surface area (TPSA) is 41.6 Å². The van der Waals surface area contributed by atoms with Crippen LogP contribution >= 0.6 is 0 Å². The van der Waals surface area contributed by atoms with Crippen molar-refractivity contribution in [1.29, 1.82) is 0 Å². The highest BCUT2D eigenvalue weighted by molar-refractivity contribution is 5.66. The van der Waals surface area contributed by atoms with E-state index in [0.717, 1.165) is 6.42 Å². The predicted molar refractivity (Wildman–Crippen MR) is 50.7 cm³/mol. The van der Waals surface area contributed by atoms with Gasteiger partial charge in [0.05, 0.1) is 6.61 Å². The van der Waals surface area contributed by atoms with E-state index in [4.69, 9.17) is 4.74 Å². The summed E-state index contributed by atoms with van der Waals surface area (Å²) in [4.78, 5) is 12.5. The first-order chi connectivity index (χ1) is 6.09. The maximum atomic E-state index is 11.0. The molecule has 0 bridgehead atoms. The summed E-state index contributed by atoms with van der Waals surface area (Å²) >= 11 is 0. The molecule has 0 spiro atoms. The maximum Gasteiger partial charge on any atom is 0.409 e. The van der Waals surface area contributed by atoms with Crippen LogP contribution in [0.5, 0.6) is 0 Å². The van der Waals surface area contributed by atoms with Crippen molar-refractivity contribution in [2.75, 3.05) is 27.7 Å². The molecule has 0 aliphatic heterocycles. The smallest absolute Gasteiger partial charge is 0.409 e. The molecule has 13 heavy (non-hydrogen) atoms. The molecule has 1 amide bonds. The quantitative estimate of drug-likeness (QED) is 0.707. The van der Waals surface area contributed by atoms with Crippen LogP contribution in [0.2, 0.25) is 0 Å². The van der Waals surface area contributed by atoms with E-state index in [9.17, 15) is 4.79 Å². The molecule has 0 atom stereocenters. The number of nitrogens with one attached hydrogen (secondary N) is 1. The summed E-state index contributed by atoms with van der Waals surface area (Å²) in [5.41, 5.74) is 0.270. The van der Waals surface area contributed by atoms with E-state index in [1.807, 2.05) is 7.05 Å². The first-order valence-corrected chi connectivity index (χ1v) is 4.63. The Labute approximate surface area is 79.2 Å². The fraction of sp³-hybridized carbons (Fsp3) is 0.889. The first kappa shape index (κ1) is 10.3. The molecule has 0 saturated heterocycles. The second-order valence-electron chi connectivity index (χ2n) is 3.79. The zero-order valence-corrected chi connectivity index (χ0v) is 8.59. The van der Waals surface area contributed by atoms with Crippen molar-refractivity contribution in [2.24, 2.45) is 0 Å². The van der Waals surface area contributed by atoms with Gasteiger partial charge in [-0.3, -0.25) is 0 Å². The zero-order valence-electron chi connectivity index (χ0n) is 8.59. The van der Waals surface area contributed by atoms with Gasteiger partial charge < -0.3 is 15.0 Å². The van der Waals surface area contributed by atoms with Gasteiger partial charge in [0.15, 0.2) is 0 Å². The molecule has 0 aromatic heterocycles. The maximum absolute atomic E-state index is 11.0. The highest BCUT2D eigenvalue weighted by Crippen LogP contribution is 2.37. The van der Waals surface area contributed by atoms with E-state index in [2.05, 4.69) is 5.32 Å². The van der Waals surface area contributed by atoms with Crippen molar-refractivity contribution in [2.45, 2.75) is 24.8 Å². The van der Waals surface area contributed by atoms with Crippen molar-refractivity contribution in [1.82, 2.24) is 10.2 Å². The third kappa shape index (κ3) is 2.88. The predicted octanol–water partition coefficient (Wildman–Crippen LogP) is 0.827. The Bertz CT molecular complexity index is 188. The molecule has 0 radical (unpaired) electrons. The van der Waals surface area contributed by atoms with E-state index in [0.29, 0.717) is 6.61 Å². The molecule has 0 heterocycles. The largest absolute Gasteiger partial charge is 0.449 e. The number of hydrogen-bond acceptors (Lipinski definition) is 3. The molecule has 0 aromatic carbocycles. The molecule has 1 saturated carbocycles. The highest BCUT2D eigenvalue weighted by atomic mass is 16.6. The summed E-state index contributed by atoms with van der Waals surface area (Å²) in [6.07, 6.45) is 3.06. The lowest BCUT2D eigenvalue weighted by Gasteiger charge is -2.15. The molecule has 0 unspecified atom stereocenters. The normalized spacial score (nSPS) is 18.1. The molecule has 1 aliphatic rings.